The Morgan fingerprint density at radius 1 is 1.18 bits per heavy atom. The quantitative estimate of drug-likeness (QED) is 0.687. The average Bonchev–Trinajstić information content (AvgIpc) is 2.35. The van der Waals surface area contributed by atoms with Gasteiger partial charge in [-0.05, 0) is 64.2 Å². The number of nitrogens with zero attached hydrogens (tertiary/aromatic N) is 1. The molecule has 1 saturated heterocycles. The number of hydrogen-bond acceptors (Lipinski definition) is 2. The van der Waals surface area contributed by atoms with Gasteiger partial charge in [-0.15, -0.1) is 0 Å². The van der Waals surface area contributed by atoms with Crippen molar-refractivity contribution in [2.75, 3.05) is 26.2 Å². The fourth-order valence-electron chi connectivity index (χ4n) is 2.65. The van der Waals surface area contributed by atoms with E-state index in [1.54, 1.807) is 0 Å². The van der Waals surface area contributed by atoms with Gasteiger partial charge in [0.1, 0.15) is 0 Å². The van der Waals surface area contributed by atoms with Crippen LogP contribution in [-0.2, 0) is 0 Å². The van der Waals surface area contributed by atoms with Crippen molar-refractivity contribution >= 4 is 0 Å². The summed E-state index contributed by atoms with van der Waals surface area (Å²) in [5, 5.41) is 3.51. The minimum Gasteiger partial charge on any atom is -0.317 e. The number of piperidine rings is 1. The normalized spacial score (nSPS) is 22.6. The summed E-state index contributed by atoms with van der Waals surface area (Å²) >= 11 is 0. The first-order valence-corrected chi connectivity index (χ1v) is 7.56. The molecule has 2 heteroatoms. The van der Waals surface area contributed by atoms with E-state index in [0.29, 0.717) is 5.41 Å². The molecule has 1 heterocycles. The maximum Gasteiger partial charge on any atom is 0.00790 e. The fraction of sp³-hybridized carbons (Fsp3) is 1.00. The predicted octanol–water partition coefficient (Wildman–Crippen LogP) is 3.28. The van der Waals surface area contributed by atoms with Crippen LogP contribution in [-0.4, -0.2) is 37.1 Å². The molecule has 0 bridgehead atoms. The molecule has 17 heavy (non-hydrogen) atoms. The Balaban J connectivity index is 2.19. The van der Waals surface area contributed by atoms with Gasteiger partial charge in [0.2, 0.25) is 0 Å². The van der Waals surface area contributed by atoms with Crippen molar-refractivity contribution in [2.24, 2.45) is 5.41 Å². The highest BCUT2D eigenvalue weighted by Crippen LogP contribution is 2.34. The molecule has 0 aromatic rings. The zero-order chi connectivity index (χ0) is 12.7. The second-order valence-corrected chi connectivity index (χ2v) is 6.09. The highest BCUT2D eigenvalue weighted by molar-refractivity contribution is 4.83. The van der Waals surface area contributed by atoms with Crippen molar-refractivity contribution in [3.8, 4) is 0 Å². The van der Waals surface area contributed by atoms with E-state index >= 15 is 0 Å². The SMILES string of the molecule is CCCNCCC(C)N1CCC(C)(CC)CC1. The van der Waals surface area contributed by atoms with Crippen molar-refractivity contribution in [3.05, 3.63) is 0 Å². The summed E-state index contributed by atoms with van der Waals surface area (Å²) in [6, 6.07) is 0.751. The lowest BCUT2D eigenvalue weighted by atomic mass is 9.78. The smallest absolute Gasteiger partial charge is 0.00790 e. The van der Waals surface area contributed by atoms with E-state index in [9.17, 15) is 0 Å². The van der Waals surface area contributed by atoms with Crippen LogP contribution in [0.3, 0.4) is 0 Å². The molecule has 2 nitrogen and oxygen atoms in total. The first kappa shape index (κ1) is 15.0. The maximum absolute atomic E-state index is 3.51. The molecule has 1 N–H and O–H groups in total. The third-order valence-electron chi connectivity index (χ3n) is 4.65. The molecule has 1 fully saturated rings. The van der Waals surface area contributed by atoms with Crippen LogP contribution in [0.25, 0.3) is 0 Å². The summed E-state index contributed by atoms with van der Waals surface area (Å²) in [4.78, 5) is 2.69. The van der Waals surface area contributed by atoms with Crippen LogP contribution in [0.15, 0.2) is 0 Å². The Labute approximate surface area is 108 Å². The lowest BCUT2D eigenvalue weighted by Gasteiger charge is -2.41. The molecule has 0 saturated carbocycles. The topological polar surface area (TPSA) is 15.3 Å². The largest absolute Gasteiger partial charge is 0.317 e. The van der Waals surface area contributed by atoms with Crippen LogP contribution in [0.5, 0.6) is 0 Å². The Morgan fingerprint density at radius 3 is 2.35 bits per heavy atom. The monoisotopic (exact) mass is 240 g/mol. The van der Waals surface area contributed by atoms with E-state index in [2.05, 4.69) is 37.9 Å². The van der Waals surface area contributed by atoms with E-state index in [0.717, 1.165) is 6.04 Å². The molecular weight excluding hydrogens is 208 g/mol. The van der Waals surface area contributed by atoms with Crippen molar-refractivity contribution in [1.29, 1.82) is 0 Å². The summed E-state index contributed by atoms with van der Waals surface area (Å²) in [6.07, 6.45) is 6.65. The third-order valence-corrected chi connectivity index (χ3v) is 4.65. The molecule has 0 aliphatic carbocycles. The van der Waals surface area contributed by atoms with E-state index in [1.165, 1.54) is 58.3 Å². The summed E-state index contributed by atoms with van der Waals surface area (Å²) in [5.74, 6) is 0. The van der Waals surface area contributed by atoms with Crippen molar-refractivity contribution < 1.29 is 0 Å². The van der Waals surface area contributed by atoms with Gasteiger partial charge in [-0.3, -0.25) is 0 Å². The molecule has 0 amide bonds. The van der Waals surface area contributed by atoms with E-state index < -0.39 is 0 Å². The lowest BCUT2D eigenvalue weighted by molar-refractivity contribution is 0.0835. The van der Waals surface area contributed by atoms with Crippen molar-refractivity contribution in [3.63, 3.8) is 0 Å². The first-order chi connectivity index (χ1) is 8.11. The van der Waals surface area contributed by atoms with Gasteiger partial charge in [0.15, 0.2) is 0 Å². The zero-order valence-electron chi connectivity index (χ0n) is 12.4. The van der Waals surface area contributed by atoms with Gasteiger partial charge < -0.3 is 10.2 Å². The van der Waals surface area contributed by atoms with Crippen molar-refractivity contribution in [2.45, 2.75) is 65.8 Å². The van der Waals surface area contributed by atoms with Crippen LogP contribution >= 0.6 is 0 Å². The third kappa shape index (κ3) is 4.97. The molecule has 1 aliphatic rings. The van der Waals surface area contributed by atoms with Gasteiger partial charge in [0, 0.05) is 6.04 Å². The van der Waals surface area contributed by atoms with Gasteiger partial charge >= 0.3 is 0 Å². The standard InChI is InChI=1S/C15H32N2/c1-5-10-16-11-7-14(3)17-12-8-15(4,6-2)9-13-17/h14,16H,5-13H2,1-4H3. The van der Waals surface area contributed by atoms with Gasteiger partial charge in [0.05, 0.1) is 0 Å². The highest BCUT2D eigenvalue weighted by Gasteiger charge is 2.29. The summed E-state index contributed by atoms with van der Waals surface area (Å²) in [5.41, 5.74) is 0.622. The number of likely N-dealkylation sites (tertiary alicyclic amines) is 1. The zero-order valence-corrected chi connectivity index (χ0v) is 12.4. The molecule has 1 rings (SSSR count). The molecule has 1 aliphatic heterocycles. The number of rotatable bonds is 7. The Morgan fingerprint density at radius 2 is 1.82 bits per heavy atom. The fourth-order valence-corrected chi connectivity index (χ4v) is 2.65. The van der Waals surface area contributed by atoms with Crippen LogP contribution in [0.1, 0.15) is 59.8 Å². The minimum atomic E-state index is 0.622. The molecule has 102 valence electrons. The van der Waals surface area contributed by atoms with Crippen LogP contribution in [0.2, 0.25) is 0 Å². The molecular formula is C15H32N2. The van der Waals surface area contributed by atoms with Gasteiger partial charge in [0.25, 0.3) is 0 Å². The molecule has 0 aromatic carbocycles. The van der Waals surface area contributed by atoms with Crippen LogP contribution < -0.4 is 5.32 Å². The summed E-state index contributed by atoms with van der Waals surface area (Å²) in [6.45, 7) is 14.4. The summed E-state index contributed by atoms with van der Waals surface area (Å²) in [7, 11) is 0. The van der Waals surface area contributed by atoms with Crippen LogP contribution in [0.4, 0.5) is 0 Å². The number of hydrogen-bond donors (Lipinski definition) is 1. The predicted molar refractivity (Wildman–Crippen MR) is 76.4 cm³/mol. The van der Waals surface area contributed by atoms with Gasteiger partial charge in [-0.1, -0.05) is 27.2 Å². The maximum atomic E-state index is 3.51. The minimum absolute atomic E-state index is 0.622. The Bertz CT molecular complexity index is 195. The Kier molecular flexibility index (Phi) is 6.50. The molecule has 1 unspecified atom stereocenters. The Hall–Kier alpha value is -0.0800. The first-order valence-electron chi connectivity index (χ1n) is 7.56. The van der Waals surface area contributed by atoms with E-state index in [-0.39, 0.29) is 0 Å². The number of nitrogens with one attached hydrogen (secondary N) is 1. The average molecular weight is 240 g/mol. The lowest BCUT2D eigenvalue weighted by Crippen LogP contribution is -2.44. The van der Waals surface area contributed by atoms with E-state index in [4.69, 9.17) is 0 Å². The second kappa shape index (κ2) is 7.38. The van der Waals surface area contributed by atoms with Gasteiger partial charge in [-0.2, -0.15) is 0 Å². The van der Waals surface area contributed by atoms with Crippen molar-refractivity contribution in [1.82, 2.24) is 10.2 Å². The molecule has 1 atom stereocenters. The van der Waals surface area contributed by atoms with Gasteiger partial charge in [-0.25, -0.2) is 0 Å². The second-order valence-electron chi connectivity index (χ2n) is 6.09. The van der Waals surface area contributed by atoms with E-state index in [1.807, 2.05) is 0 Å². The molecule has 0 spiro atoms. The highest BCUT2D eigenvalue weighted by atomic mass is 15.2. The molecule has 0 radical (unpaired) electrons. The molecule has 0 aromatic heterocycles. The summed E-state index contributed by atoms with van der Waals surface area (Å²) < 4.78 is 0. The van der Waals surface area contributed by atoms with Crippen LogP contribution in [0, 0.1) is 5.41 Å².